The number of nitro benzene ring substituents is 1. The lowest BCUT2D eigenvalue weighted by Gasteiger charge is -2.04. The van der Waals surface area contributed by atoms with Crippen LogP contribution in [0, 0.1) is 10.1 Å². The number of halogens is 3. The molecule has 0 bridgehead atoms. The normalized spacial score (nSPS) is 10.8. The van der Waals surface area contributed by atoms with Crippen molar-refractivity contribution in [2.75, 3.05) is 0 Å². The summed E-state index contributed by atoms with van der Waals surface area (Å²) in [5.41, 5.74) is -1.57. The van der Waals surface area contributed by atoms with Gasteiger partial charge in [0.2, 0.25) is 0 Å². The zero-order valence-electron chi connectivity index (χ0n) is 8.33. The average molecular weight is 305 g/mol. The van der Waals surface area contributed by atoms with Crippen LogP contribution in [0.5, 0.6) is 0 Å². The summed E-state index contributed by atoms with van der Waals surface area (Å²) in [6.07, 6.45) is -4.54. The van der Waals surface area contributed by atoms with Gasteiger partial charge in [-0.1, -0.05) is 13.5 Å². The lowest BCUT2D eigenvalue weighted by molar-refractivity contribution is -0.385. The molecule has 0 heterocycles. The molecule has 11 heteroatoms. The van der Waals surface area contributed by atoms with E-state index in [1.807, 2.05) is 0 Å². The summed E-state index contributed by atoms with van der Waals surface area (Å²) in [6, 6.07) is 3.29. The van der Waals surface area contributed by atoms with Crippen molar-refractivity contribution in [3.63, 3.8) is 0 Å². The van der Waals surface area contributed by atoms with Crippen LogP contribution in [0.25, 0.3) is 0 Å². The second kappa shape index (κ2) is 7.01. The summed E-state index contributed by atoms with van der Waals surface area (Å²) >= 11 is 0. The van der Waals surface area contributed by atoms with Crippen LogP contribution in [0.3, 0.4) is 0 Å². The molecule has 0 aliphatic carbocycles. The van der Waals surface area contributed by atoms with E-state index < -0.39 is 32.7 Å². The lowest BCUT2D eigenvalue weighted by atomic mass is 10.2. The Morgan fingerprint density at radius 1 is 1.21 bits per heavy atom. The number of nitro groups is 1. The largest absolute Gasteiger partial charge is 0.416 e. The Hall–Kier alpha value is -1.72. The highest BCUT2D eigenvalue weighted by molar-refractivity contribution is 7.79. The van der Waals surface area contributed by atoms with Gasteiger partial charge in [0.25, 0.3) is 5.69 Å². The summed E-state index contributed by atoms with van der Waals surface area (Å²) in [5, 5.41) is 10.1. The second-order valence-corrected chi connectivity index (χ2v) is 3.65. The third-order valence-electron chi connectivity index (χ3n) is 1.38. The minimum absolute atomic E-state index is 0. The summed E-state index contributed by atoms with van der Waals surface area (Å²) in [4.78, 5) is 9.25. The van der Waals surface area contributed by atoms with Gasteiger partial charge in [0.05, 0.1) is 10.5 Å². The van der Waals surface area contributed by atoms with Gasteiger partial charge in [0, 0.05) is 12.1 Å². The van der Waals surface area contributed by atoms with Gasteiger partial charge >= 0.3 is 16.6 Å². The first-order valence-electron chi connectivity index (χ1n) is 3.93. The monoisotopic (exact) mass is 305 g/mol. The SMILES string of the molecule is C.O=S(=O)(O)O.O=[N+]([O-])c1cccc(C(F)(F)F)c1. The maximum absolute atomic E-state index is 12.0. The Morgan fingerprint density at radius 2 is 1.63 bits per heavy atom. The zero-order chi connectivity index (χ0) is 14.6. The molecular formula is C8H10F3NO6S. The number of benzene rings is 1. The summed E-state index contributed by atoms with van der Waals surface area (Å²) in [5.74, 6) is 0. The molecule has 0 saturated heterocycles. The van der Waals surface area contributed by atoms with Gasteiger partial charge in [-0.2, -0.15) is 21.6 Å². The number of alkyl halides is 3. The van der Waals surface area contributed by atoms with E-state index >= 15 is 0 Å². The Morgan fingerprint density at radius 3 is 1.95 bits per heavy atom. The maximum Gasteiger partial charge on any atom is 0.416 e. The smallest absolute Gasteiger partial charge is 0.264 e. The van der Waals surface area contributed by atoms with Crippen LogP contribution in [0.15, 0.2) is 24.3 Å². The van der Waals surface area contributed by atoms with E-state index in [0.29, 0.717) is 6.07 Å². The van der Waals surface area contributed by atoms with Crippen molar-refractivity contribution < 1.29 is 35.6 Å². The number of non-ortho nitro benzene ring substituents is 1. The van der Waals surface area contributed by atoms with Crippen LogP contribution in [0.1, 0.15) is 13.0 Å². The van der Waals surface area contributed by atoms with Crippen molar-refractivity contribution in [3.05, 3.63) is 39.9 Å². The highest BCUT2D eigenvalue weighted by atomic mass is 32.3. The van der Waals surface area contributed by atoms with Crippen LogP contribution in [-0.4, -0.2) is 22.4 Å². The van der Waals surface area contributed by atoms with Crippen LogP contribution in [0.2, 0.25) is 0 Å². The fraction of sp³-hybridized carbons (Fsp3) is 0.250. The average Bonchev–Trinajstić information content (AvgIpc) is 2.14. The van der Waals surface area contributed by atoms with Crippen LogP contribution >= 0.6 is 0 Å². The first kappa shape index (κ1) is 19.6. The Labute approximate surface area is 106 Å². The first-order chi connectivity index (χ1) is 7.91. The summed E-state index contributed by atoms with van der Waals surface area (Å²) in [7, 11) is -4.67. The fourth-order valence-corrected chi connectivity index (χ4v) is 0.796. The first-order valence-corrected chi connectivity index (χ1v) is 5.32. The van der Waals surface area contributed by atoms with Gasteiger partial charge in [-0.25, -0.2) is 0 Å². The third-order valence-corrected chi connectivity index (χ3v) is 1.38. The molecule has 2 N–H and O–H groups in total. The molecule has 0 aliphatic rings. The van der Waals surface area contributed by atoms with E-state index in [-0.39, 0.29) is 7.43 Å². The molecular weight excluding hydrogens is 295 g/mol. The number of hydrogen-bond donors (Lipinski definition) is 2. The van der Waals surface area contributed by atoms with E-state index in [4.69, 9.17) is 17.5 Å². The van der Waals surface area contributed by atoms with Gasteiger partial charge in [0.1, 0.15) is 0 Å². The quantitative estimate of drug-likeness (QED) is 0.468. The van der Waals surface area contributed by atoms with Crippen molar-refractivity contribution >= 4 is 16.1 Å². The Bertz CT molecular complexity index is 520. The van der Waals surface area contributed by atoms with Crippen molar-refractivity contribution in [2.24, 2.45) is 0 Å². The Kier molecular flexibility index (Phi) is 7.24. The predicted octanol–water partition coefficient (Wildman–Crippen LogP) is 2.60. The van der Waals surface area contributed by atoms with Crippen molar-refractivity contribution in [3.8, 4) is 0 Å². The minimum Gasteiger partial charge on any atom is -0.264 e. The topological polar surface area (TPSA) is 118 Å². The molecule has 0 amide bonds. The number of rotatable bonds is 1. The molecule has 0 atom stereocenters. The van der Waals surface area contributed by atoms with Crippen molar-refractivity contribution in [1.29, 1.82) is 0 Å². The molecule has 0 unspecified atom stereocenters. The van der Waals surface area contributed by atoms with E-state index in [0.717, 1.165) is 18.2 Å². The van der Waals surface area contributed by atoms with Crippen molar-refractivity contribution in [2.45, 2.75) is 13.6 Å². The molecule has 7 nitrogen and oxygen atoms in total. The number of nitrogens with zero attached hydrogens (tertiary/aromatic N) is 1. The molecule has 0 aromatic heterocycles. The molecule has 110 valence electrons. The molecule has 0 aliphatic heterocycles. The van der Waals surface area contributed by atoms with E-state index in [9.17, 15) is 23.3 Å². The standard InChI is InChI=1S/C7H4F3NO2.CH4.H2O4S/c8-7(9,10)5-2-1-3-6(4-5)11(12)13;;1-5(2,3)4/h1-4H;1H4;(H2,1,2,3,4). The molecule has 19 heavy (non-hydrogen) atoms. The predicted molar refractivity (Wildman–Crippen MR) is 59.0 cm³/mol. The molecule has 0 fully saturated rings. The zero-order valence-corrected chi connectivity index (χ0v) is 9.14. The molecule has 0 saturated carbocycles. The van der Waals surface area contributed by atoms with E-state index in [1.54, 1.807) is 0 Å². The van der Waals surface area contributed by atoms with E-state index in [2.05, 4.69) is 0 Å². The second-order valence-electron chi connectivity index (χ2n) is 2.75. The van der Waals surface area contributed by atoms with E-state index in [1.165, 1.54) is 0 Å². The minimum atomic E-state index is -4.67. The Balaban J connectivity index is 0. The highest BCUT2D eigenvalue weighted by Crippen LogP contribution is 2.30. The summed E-state index contributed by atoms with van der Waals surface area (Å²) < 4.78 is 67.6. The fourth-order valence-electron chi connectivity index (χ4n) is 0.796. The van der Waals surface area contributed by atoms with Gasteiger partial charge in [-0.05, 0) is 6.07 Å². The van der Waals surface area contributed by atoms with Crippen molar-refractivity contribution in [1.82, 2.24) is 0 Å². The highest BCUT2D eigenvalue weighted by Gasteiger charge is 2.31. The van der Waals surface area contributed by atoms with Gasteiger partial charge in [-0.3, -0.25) is 19.2 Å². The van der Waals surface area contributed by atoms with Crippen LogP contribution in [-0.2, 0) is 16.6 Å². The van der Waals surface area contributed by atoms with Gasteiger partial charge in [0.15, 0.2) is 0 Å². The maximum atomic E-state index is 12.0. The lowest BCUT2D eigenvalue weighted by Crippen LogP contribution is -2.04. The van der Waals surface area contributed by atoms with Crippen LogP contribution < -0.4 is 0 Å². The molecule has 0 radical (unpaired) electrons. The van der Waals surface area contributed by atoms with Gasteiger partial charge in [-0.15, -0.1) is 0 Å². The van der Waals surface area contributed by atoms with Crippen LogP contribution in [0.4, 0.5) is 18.9 Å². The molecule has 1 rings (SSSR count). The number of hydrogen-bond acceptors (Lipinski definition) is 4. The third kappa shape index (κ3) is 9.93. The molecule has 1 aromatic carbocycles. The molecule has 1 aromatic rings. The molecule has 0 spiro atoms. The van der Waals surface area contributed by atoms with Gasteiger partial charge < -0.3 is 0 Å². The summed E-state index contributed by atoms with van der Waals surface area (Å²) in [6.45, 7) is 0.